The second-order valence-electron chi connectivity index (χ2n) is 16.3. The van der Waals surface area contributed by atoms with Crippen molar-refractivity contribution in [3.05, 3.63) is 247 Å². The smallest absolute Gasteiger partial charge is 0.145 e. The monoisotopic (exact) mass is 791 g/mol. The standard InChI is InChI=1S/C59H37NO2/c1-2-15-38(16-3-1)41-18-12-19-43(37-41)60(52-27-13-17-40-33-36-46-45-20-5-9-28-53(45)62-58(46)56(40)52)42-34-31-39(32-35-42)44-22-14-26-51-57(44)47-21-4-6-23-48(47)59(51)49-24-7-10-29-54(49)61-55-30-11-8-25-50(55)59/h1-37H. The Hall–Kier alpha value is -8.14. The van der Waals surface area contributed by atoms with Crippen LogP contribution in [-0.2, 0) is 5.41 Å². The molecule has 0 radical (unpaired) electrons. The number of furan rings is 1. The van der Waals surface area contributed by atoms with E-state index in [1.54, 1.807) is 0 Å². The molecule has 0 atom stereocenters. The number of fused-ring (bicyclic) bond motifs is 14. The molecular formula is C59H37NO2. The topological polar surface area (TPSA) is 25.6 Å². The van der Waals surface area contributed by atoms with Gasteiger partial charge in [0.05, 0.1) is 11.1 Å². The summed E-state index contributed by atoms with van der Waals surface area (Å²) in [6.07, 6.45) is 0. The number of nitrogens with zero attached hydrogens (tertiary/aromatic N) is 1. The number of hydrogen-bond donors (Lipinski definition) is 0. The van der Waals surface area contributed by atoms with Crippen molar-refractivity contribution in [2.24, 2.45) is 0 Å². The minimum absolute atomic E-state index is 0.524. The SMILES string of the molecule is c1ccc(-c2cccc(N(c3ccc(-c4cccc5c4-c4ccccc4C54c5ccccc5Oc5ccccc54)cc3)c3cccc4ccc5c6ccccc6oc5c34)c2)cc1. The summed E-state index contributed by atoms with van der Waals surface area (Å²) in [5.74, 6) is 1.79. The summed E-state index contributed by atoms with van der Waals surface area (Å²) in [5.41, 5.74) is 16.5. The van der Waals surface area contributed by atoms with Crippen molar-refractivity contribution in [3.63, 3.8) is 0 Å². The molecule has 0 amide bonds. The lowest BCUT2D eigenvalue weighted by molar-refractivity contribution is 0.436. The highest BCUT2D eigenvalue weighted by atomic mass is 16.5. The van der Waals surface area contributed by atoms with Crippen molar-refractivity contribution in [1.29, 1.82) is 0 Å². The van der Waals surface area contributed by atoms with E-state index in [9.17, 15) is 0 Å². The lowest BCUT2D eigenvalue weighted by atomic mass is 9.66. The van der Waals surface area contributed by atoms with Crippen LogP contribution in [0.2, 0.25) is 0 Å². The van der Waals surface area contributed by atoms with Crippen molar-refractivity contribution in [2.45, 2.75) is 5.41 Å². The Balaban J connectivity index is 1.02. The van der Waals surface area contributed by atoms with E-state index < -0.39 is 5.41 Å². The molecule has 1 aliphatic heterocycles. The highest BCUT2D eigenvalue weighted by Crippen LogP contribution is 2.63. The number of ether oxygens (including phenoxy) is 1. The van der Waals surface area contributed by atoms with Gasteiger partial charge in [0.25, 0.3) is 0 Å². The highest BCUT2D eigenvalue weighted by Gasteiger charge is 2.51. The zero-order chi connectivity index (χ0) is 40.8. The van der Waals surface area contributed by atoms with Crippen LogP contribution in [0.25, 0.3) is 66.1 Å². The van der Waals surface area contributed by atoms with Crippen molar-refractivity contribution in [3.8, 4) is 44.9 Å². The fourth-order valence-corrected chi connectivity index (χ4v) is 10.5. The fourth-order valence-electron chi connectivity index (χ4n) is 10.5. The first-order valence-corrected chi connectivity index (χ1v) is 21.2. The number of benzene rings is 10. The summed E-state index contributed by atoms with van der Waals surface area (Å²) in [7, 11) is 0. The average Bonchev–Trinajstić information content (AvgIpc) is 3.87. The van der Waals surface area contributed by atoms with Gasteiger partial charge < -0.3 is 14.1 Å². The molecule has 1 aliphatic carbocycles. The molecule has 2 heterocycles. The van der Waals surface area contributed by atoms with Gasteiger partial charge in [-0.15, -0.1) is 0 Å². The Morgan fingerprint density at radius 2 is 1.03 bits per heavy atom. The van der Waals surface area contributed by atoms with Crippen LogP contribution in [-0.4, -0.2) is 0 Å². The zero-order valence-electron chi connectivity index (χ0n) is 33.6. The van der Waals surface area contributed by atoms with Gasteiger partial charge in [0.1, 0.15) is 22.7 Å². The molecule has 290 valence electrons. The van der Waals surface area contributed by atoms with E-state index in [0.29, 0.717) is 0 Å². The lowest BCUT2D eigenvalue weighted by Crippen LogP contribution is -2.32. The predicted octanol–water partition coefficient (Wildman–Crippen LogP) is 16.0. The van der Waals surface area contributed by atoms with Crippen molar-refractivity contribution in [2.75, 3.05) is 4.90 Å². The maximum absolute atomic E-state index is 6.73. The minimum atomic E-state index is -0.524. The maximum atomic E-state index is 6.73. The summed E-state index contributed by atoms with van der Waals surface area (Å²) in [5, 5.41) is 4.43. The molecule has 0 saturated carbocycles. The van der Waals surface area contributed by atoms with Gasteiger partial charge in [0.15, 0.2) is 0 Å². The van der Waals surface area contributed by atoms with Crippen LogP contribution >= 0.6 is 0 Å². The summed E-state index contributed by atoms with van der Waals surface area (Å²) >= 11 is 0. The molecule has 11 aromatic rings. The second kappa shape index (κ2) is 13.4. The Bertz CT molecular complexity index is 3520. The molecule has 1 aromatic heterocycles. The van der Waals surface area contributed by atoms with Crippen molar-refractivity contribution >= 4 is 49.8 Å². The van der Waals surface area contributed by atoms with Gasteiger partial charge in [-0.25, -0.2) is 0 Å². The number of para-hydroxylation sites is 3. The molecular weight excluding hydrogens is 755 g/mol. The van der Waals surface area contributed by atoms with Gasteiger partial charge in [0, 0.05) is 38.7 Å². The largest absolute Gasteiger partial charge is 0.457 e. The van der Waals surface area contributed by atoms with Gasteiger partial charge in [0.2, 0.25) is 0 Å². The van der Waals surface area contributed by atoms with Crippen LogP contribution < -0.4 is 9.64 Å². The van der Waals surface area contributed by atoms with Crippen LogP contribution in [0.3, 0.4) is 0 Å². The average molecular weight is 792 g/mol. The first-order chi connectivity index (χ1) is 30.8. The van der Waals surface area contributed by atoms with E-state index in [0.717, 1.165) is 72.4 Å². The van der Waals surface area contributed by atoms with Crippen LogP contribution in [0, 0.1) is 0 Å². The Morgan fingerprint density at radius 3 is 1.85 bits per heavy atom. The second-order valence-corrected chi connectivity index (χ2v) is 16.3. The summed E-state index contributed by atoms with van der Waals surface area (Å²) in [4.78, 5) is 2.39. The first-order valence-electron chi connectivity index (χ1n) is 21.2. The number of rotatable bonds is 5. The highest BCUT2D eigenvalue weighted by molar-refractivity contribution is 6.19. The Morgan fingerprint density at radius 1 is 0.387 bits per heavy atom. The third-order valence-corrected chi connectivity index (χ3v) is 13.1. The number of hydrogen-bond acceptors (Lipinski definition) is 3. The van der Waals surface area contributed by atoms with E-state index in [1.807, 2.05) is 6.07 Å². The van der Waals surface area contributed by atoms with Gasteiger partial charge in [-0.3, -0.25) is 0 Å². The van der Waals surface area contributed by atoms with Gasteiger partial charge in [-0.05, 0) is 104 Å². The van der Waals surface area contributed by atoms with E-state index in [-0.39, 0.29) is 0 Å². The van der Waals surface area contributed by atoms with E-state index in [1.165, 1.54) is 44.5 Å². The van der Waals surface area contributed by atoms with Gasteiger partial charge in [-0.2, -0.15) is 0 Å². The maximum Gasteiger partial charge on any atom is 0.145 e. The summed E-state index contributed by atoms with van der Waals surface area (Å²) < 4.78 is 13.3. The predicted molar refractivity (Wildman–Crippen MR) is 254 cm³/mol. The molecule has 3 nitrogen and oxygen atoms in total. The summed E-state index contributed by atoms with van der Waals surface area (Å²) in [6.45, 7) is 0. The van der Waals surface area contributed by atoms with Gasteiger partial charge in [-0.1, -0.05) is 170 Å². The lowest BCUT2D eigenvalue weighted by Gasteiger charge is -2.39. The molecule has 0 unspecified atom stereocenters. The van der Waals surface area contributed by atoms with E-state index in [4.69, 9.17) is 9.15 Å². The van der Waals surface area contributed by atoms with Gasteiger partial charge >= 0.3 is 0 Å². The zero-order valence-corrected chi connectivity index (χ0v) is 33.6. The van der Waals surface area contributed by atoms with Crippen LogP contribution in [0.15, 0.2) is 229 Å². The first kappa shape index (κ1) is 34.7. The molecule has 62 heavy (non-hydrogen) atoms. The molecule has 0 N–H and O–H groups in total. The molecule has 0 bridgehead atoms. The molecule has 0 saturated heterocycles. The van der Waals surface area contributed by atoms with E-state index >= 15 is 0 Å². The Kier molecular flexibility index (Phi) is 7.52. The fraction of sp³-hybridized carbons (Fsp3) is 0.0169. The third-order valence-electron chi connectivity index (χ3n) is 13.1. The Labute approximate surface area is 359 Å². The molecule has 0 fully saturated rings. The minimum Gasteiger partial charge on any atom is -0.457 e. The van der Waals surface area contributed by atoms with Crippen LogP contribution in [0.5, 0.6) is 11.5 Å². The van der Waals surface area contributed by atoms with E-state index in [2.05, 4.69) is 223 Å². The van der Waals surface area contributed by atoms with Crippen LogP contribution in [0.1, 0.15) is 22.3 Å². The molecule has 2 aliphatic rings. The molecule has 10 aromatic carbocycles. The molecule has 13 rings (SSSR count). The van der Waals surface area contributed by atoms with Crippen molar-refractivity contribution < 1.29 is 9.15 Å². The normalized spacial score (nSPS) is 13.1. The third kappa shape index (κ3) is 4.94. The van der Waals surface area contributed by atoms with Crippen LogP contribution in [0.4, 0.5) is 17.1 Å². The molecule has 3 heteroatoms. The quantitative estimate of drug-likeness (QED) is 0.174. The summed E-state index contributed by atoms with van der Waals surface area (Å²) in [6, 6.07) is 80.8. The van der Waals surface area contributed by atoms with Crippen molar-refractivity contribution in [1.82, 2.24) is 0 Å². The molecule has 1 spiro atoms. The number of anilines is 3.